The van der Waals surface area contributed by atoms with Crippen molar-refractivity contribution in [3.8, 4) is 28.9 Å². The summed E-state index contributed by atoms with van der Waals surface area (Å²) in [5.74, 6) is -0.474. The Balaban J connectivity index is 1.52. The van der Waals surface area contributed by atoms with Gasteiger partial charge in [-0.15, -0.1) is 0 Å². The minimum atomic E-state index is -0.638. The number of piperidine rings is 1. The summed E-state index contributed by atoms with van der Waals surface area (Å²) in [6.07, 6.45) is 4.01. The quantitative estimate of drug-likeness (QED) is 0.666. The number of halogens is 2. The molecule has 4 rings (SSSR count). The number of nitrogens with zero attached hydrogens (tertiary/aromatic N) is 4. The first-order valence-electron chi connectivity index (χ1n) is 9.26. The number of benzene rings is 2. The van der Waals surface area contributed by atoms with Gasteiger partial charge >= 0.3 is 0 Å². The van der Waals surface area contributed by atoms with Gasteiger partial charge < -0.3 is 15.4 Å². The van der Waals surface area contributed by atoms with Crippen molar-refractivity contribution in [3.05, 3.63) is 60.2 Å². The summed E-state index contributed by atoms with van der Waals surface area (Å²) in [5.41, 5.74) is 7.67. The summed E-state index contributed by atoms with van der Waals surface area (Å²) >= 11 is 0. The van der Waals surface area contributed by atoms with Crippen molar-refractivity contribution in [3.63, 3.8) is 0 Å². The zero-order chi connectivity index (χ0) is 20.4. The predicted molar refractivity (Wildman–Crippen MR) is 104 cm³/mol. The smallest absolute Gasteiger partial charge is 0.179 e. The van der Waals surface area contributed by atoms with Gasteiger partial charge in [0.1, 0.15) is 17.4 Å². The van der Waals surface area contributed by atoms with Gasteiger partial charge in [-0.2, -0.15) is 10.4 Å². The standard InChI is InChI=1S/C21H19F2N5O/c22-15-5-8-18(23)20(10-15)29-17-6-3-14(4-7-17)19-11-21(25)28(26-19)16-2-1-9-27(12-16)13-24/h3-8,10-11,16H,1-2,9,12,25H2. The lowest BCUT2D eigenvalue weighted by Gasteiger charge is -2.29. The number of hydrogen-bond acceptors (Lipinski definition) is 5. The molecular formula is C21H19F2N5O. The van der Waals surface area contributed by atoms with Crippen LogP contribution in [0.15, 0.2) is 48.5 Å². The van der Waals surface area contributed by atoms with E-state index in [0.717, 1.165) is 43.1 Å². The molecule has 0 radical (unpaired) electrons. The van der Waals surface area contributed by atoms with E-state index in [-0.39, 0.29) is 11.8 Å². The molecule has 1 atom stereocenters. The van der Waals surface area contributed by atoms with Crippen molar-refractivity contribution in [1.29, 1.82) is 5.26 Å². The van der Waals surface area contributed by atoms with Gasteiger partial charge in [0.05, 0.1) is 18.3 Å². The van der Waals surface area contributed by atoms with Gasteiger partial charge in [-0.05, 0) is 49.2 Å². The first kappa shape index (κ1) is 18.7. The average Bonchev–Trinajstić information content (AvgIpc) is 3.13. The molecule has 0 saturated carbocycles. The third kappa shape index (κ3) is 3.99. The highest BCUT2D eigenvalue weighted by Gasteiger charge is 2.23. The zero-order valence-corrected chi connectivity index (χ0v) is 15.6. The molecule has 1 aliphatic rings. The molecular weight excluding hydrogens is 376 g/mol. The van der Waals surface area contributed by atoms with E-state index in [1.807, 2.05) is 0 Å². The second-order valence-electron chi connectivity index (χ2n) is 6.94. The van der Waals surface area contributed by atoms with Gasteiger partial charge in [-0.3, -0.25) is 0 Å². The fourth-order valence-electron chi connectivity index (χ4n) is 3.46. The number of aromatic nitrogens is 2. The first-order chi connectivity index (χ1) is 14.0. The number of nitrogens with two attached hydrogens (primary N) is 1. The van der Waals surface area contributed by atoms with Crippen molar-refractivity contribution in [2.45, 2.75) is 18.9 Å². The zero-order valence-electron chi connectivity index (χ0n) is 15.6. The number of likely N-dealkylation sites (tertiary alicyclic amines) is 1. The summed E-state index contributed by atoms with van der Waals surface area (Å²) in [7, 11) is 0. The maximum atomic E-state index is 13.7. The Labute approximate surface area is 166 Å². The maximum Gasteiger partial charge on any atom is 0.179 e. The number of ether oxygens (including phenoxy) is 1. The van der Waals surface area contributed by atoms with Crippen LogP contribution < -0.4 is 10.5 Å². The molecule has 0 bridgehead atoms. The Morgan fingerprint density at radius 1 is 1.14 bits per heavy atom. The van der Waals surface area contributed by atoms with E-state index in [0.29, 0.717) is 23.8 Å². The highest BCUT2D eigenvalue weighted by molar-refractivity contribution is 5.63. The monoisotopic (exact) mass is 395 g/mol. The van der Waals surface area contributed by atoms with Crippen LogP contribution in [0.2, 0.25) is 0 Å². The summed E-state index contributed by atoms with van der Waals surface area (Å²) < 4.78 is 34.2. The summed E-state index contributed by atoms with van der Waals surface area (Å²) in [5, 5.41) is 13.7. The van der Waals surface area contributed by atoms with Gasteiger partial charge in [-0.1, -0.05) is 0 Å². The second kappa shape index (κ2) is 7.80. The maximum absolute atomic E-state index is 13.7. The van der Waals surface area contributed by atoms with E-state index >= 15 is 0 Å². The van der Waals surface area contributed by atoms with Crippen LogP contribution in [0.25, 0.3) is 11.3 Å². The van der Waals surface area contributed by atoms with Gasteiger partial charge in [0.15, 0.2) is 17.8 Å². The first-order valence-corrected chi connectivity index (χ1v) is 9.26. The molecule has 3 aromatic rings. The number of nitrogen functional groups attached to an aromatic ring is 1. The van der Waals surface area contributed by atoms with Crippen molar-refractivity contribution in [1.82, 2.24) is 14.7 Å². The third-order valence-electron chi connectivity index (χ3n) is 4.92. The molecule has 0 spiro atoms. The normalized spacial score (nSPS) is 16.4. The van der Waals surface area contributed by atoms with Crippen LogP contribution in [0, 0.1) is 23.1 Å². The van der Waals surface area contributed by atoms with Crippen molar-refractivity contribution in [2.75, 3.05) is 18.8 Å². The Morgan fingerprint density at radius 2 is 1.93 bits per heavy atom. The average molecular weight is 395 g/mol. The third-order valence-corrected chi connectivity index (χ3v) is 4.92. The molecule has 1 aromatic heterocycles. The lowest BCUT2D eigenvalue weighted by atomic mass is 10.1. The van der Waals surface area contributed by atoms with E-state index in [2.05, 4.69) is 11.3 Å². The molecule has 0 amide bonds. The number of nitriles is 1. The number of anilines is 1. The van der Waals surface area contributed by atoms with E-state index in [9.17, 15) is 8.78 Å². The van der Waals surface area contributed by atoms with Crippen LogP contribution in [0.3, 0.4) is 0 Å². The fourth-order valence-corrected chi connectivity index (χ4v) is 3.46. The van der Waals surface area contributed by atoms with Crippen molar-refractivity contribution < 1.29 is 13.5 Å². The fraction of sp³-hybridized carbons (Fsp3) is 0.238. The van der Waals surface area contributed by atoms with E-state index < -0.39 is 11.6 Å². The highest BCUT2D eigenvalue weighted by atomic mass is 19.1. The molecule has 29 heavy (non-hydrogen) atoms. The lowest BCUT2D eigenvalue weighted by molar-refractivity contribution is 0.235. The minimum Gasteiger partial charge on any atom is -0.454 e. The summed E-state index contributed by atoms with van der Waals surface area (Å²) in [6, 6.07) is 11.8. The molecule has 1 aliphatic heterocycles. The molecule has 0 aliphatic carbocycles. The second-order valence-corrected chi connectivity index (χ2v) is 6.94. The van der Waals surface area contributed by atoms with E-state index in [1.54, 1.807) is 39.9 Å². The largest absolute Gasteiger partial charge is 0.454 e. The highest BCUT2D eigenvalue weighted by Crippen LogP contribution is 2.30. The molecule has 148 valence electrons. The lowest BCUT2D eigenvalue weighted by Crippen LogP contribution is -2.34. The molecule has 2 heterocycles. The molecule has 1 fully saturated rings. The minimum absolute atomic E-state index is 0.0516. The number of hydrogen-bond donors (Lipinski definition) is 1. The van der Waals surface area contributed by atoms with Gasteiger partial charge in [-0.25, -0.2) is 13.5 Å². The van der Waals surface area contributed by atoms with Crippen LogP contribution >= 0.6 is 0 Å². The molecule has 1 unspecified atom stereocenters. The molecule has 2 N–H and O–H groups in total. The van der Waals surface area contributed by atoms with Gasteiger partial charge in [0.25, 0.3) is 0 Å². The van der Waals surface area contributed by atoms with Crippen molar-refractivity contribution >= 4 is 5.82 Å². The Hall–Kier alpha value is -3.60. The number of rotatable bonds is 4. The molecule has 1 saturated heterocycles. The van der Waals surface area contributed by atoms with Crippen LogP contribution in [0.4, 0.5) is 14.6 Å². The molecule has 6 nitrogen and oxygen atoms in total. The van der Waals surface area contributed by atoms with E-state index in [1.165, 1.54) is 0 Å². The van der Waals surface area contributed by atoms with Crippen LogP contribution in [-0.4, -0.2) is 27.8 Å². The predicted octanol–water partition coefficient (Wildman–Crippen LogP) is 4.32. The Morgan fingerprint density at radius 3 is 2.69 bits per heavy atom. The van der Waals surface area contributed by atoms with Crippen LogP contribution in [0.5, 0.6) is 11.5 Å². The SMILES string of the molecule is N#CN1CCCC(n2nc(-c3ccc(Oc4cc(F)ccc4F)cc3)cc2N)C1. The molecule has 8 heteroatoms. The summed E-state index contributed by atoms with van der Waals surface area (Å²) in [6.45, 7) is 1.35. The van der Waals surface area contributed by atoms with Crippen LogP contribution in [-0.2, 0) is 0 Å². The van der Waals surface area contributed by atoms with Gasteiger partial charge in [0, 0.05) is 24.2 Å². The summed E-state index contributed by atoms with van der Waals surface area (Å²) in [4.78, 5) is 1.71. The van der Waals surface area contributed by atoms with Crippen LogP contribution in [0.1, 0.15) is 18.9 Å². The Bertz CT molecular complexity index is 1060. The van der Waals surface area contributed by atoms with E-state index in [4.69, 9.17) is 15.7 Å². The topological polar surface area (TPSA) is 80.1 Å². The van der Waals surface area contributed by atoms with Crippen molar-refractivity contribution in [2.24, 2.45) is 0 Å². The Kier molecular flexibility index (Phi) is 5.04. The molecule has 2 aromatic carbocycles. The van der Waals surface area contributed by atoms with Gasteiger partial charge in [0.2, 0.25) is 0 Å².